The first-order valence-corrected chi connectivity index (χ1v) is 11.7. The van der Waals surface area contributed by atoms with Crippen molar-refractivity contribution in [3.8, 4) is 22.3 Å². The second kappa shape index (κ2) is 7.16. The lowest BCUT2D eigenvalue weighted by Crippen LogP contribution is -2.48. The van der Waals surface area contributed by atoms with Crippen LogP contribution in [0.3, 0.4) is 0 Å². The van der Waals surface area contributed by atoms with Gasteiger partial charge in [0.2, 0.25) is 0 Å². The van der Waals surface area contributed by atoms with Crippen LogP contribution in [-0.2, 0) is 0 Å². The zero-order valence-corrected chi connectivity index (χ0v) is 18.1. The molecule has 1 fully saturated rings. The van der Waals surface area contributed by atoms with Gasteiger partial charge in [-0.25, -0.2) is 0 Å². The van der Waals surface area contributed by atoms with E-state index in [9.17, 15) is 0 Å². The van der Waals surface area contributed by atoms with Gasteiger partial charge in [0.15, 0.2) is 0 Å². The fourth-order valence-electron chi connectivity index (χ4n) is 6.30. The summed E-state index contributed by atoms with van der Waals surface area (Å²) in [6, 6.07) is 36.7. The number of hydrogen-bond acceptors (Lipinski definition) is 2. The van der Waals surface area contributed by atoms with Gasteiger partial charge in [-0.05, 0) is 44.5 Å². The minimum absolute atomic E-state index is 0.382. The molecule has 0 unspecified atom stereocenters. The van der Waals surface area contributed by atoms with E-state index in [4.69, 9.17) is 0 Å². The van der Waals surface area contributed by atoms with Crippen LogP contribution in [0.25, 0.3) is 22.3 Å². The average Bonchev–Trinajstić information content (AvgIpc) is 3.38. The Morgan fingerprint density at radius 3 is 0.906 bits per heavy atom. The van der Waals surface area contributed by atoms with Gasteiger partial charge in [0.1, 0.15) is 0 Å². The van der Waals surface area contributed by atoms with Crippen LogP contribution in [-0.4, -0.2) is 36.0 Å². The van der Waals surface area contributed by atoms with E-state index in [0.29, 0.717) is 12.1 Å². The van der Waals surface area contributed by atoms with Crippen molar-refractivity contribution in [1.29, 1.82) is 0 Å². The lowest BCUT2D eigenvalue weighted by atomic mass is 10.00. The van der Waals surface area contributed by atoms with Crippen LogP contribution >= 0.6 is 0 Å². The van der Waals surface area contributed by atoms with Crippen LogP contribution in [0.15, 0.2) is 97.1 Å². The summed E-state index contributed by atoms with van der Waals surface area (Å²) in [6.07, 6.45) is 0. The van der Waals surface area contributed by atoms with Gasteiger partial charge in [0, 0.05) is 26.2 Å². The Morgan fingerprint density at radius 1 is 0.375 bits per heavy atom. The van der Waals surface area contributed by atoms with Crippen molar-refractivity contribution in [2.45, 2.75) is 12.1 Å². The van der Waals surface area contributed by atoms with Crippen LogP contribution in [0.2, 0.25) is 0 Å². The molecule has 1 saturated heterocycles. The molecule has 2 aliphatic carbocycles. The fraction of sp³-hybridized carbons (Fsp3) is 0.200. The van der Waals surface area contributed by atoms with E-state index in [0.717, 1.165) is 26.2 Å². The van der Waals surface area contributed by atoms with Gasteiger partial charge in [-0.15, -0.1) is 0 Å². The van der Waals surface area contributed by atoms with Gasteiger partial charge < -0.3 is 0 Å². The Morgan fingerprint density at radius 2 is 0.625 bits per heavy atom. The maximum Gasteiger partial charge on any atom is 0.0614 e. The third-order valence-electron chi connectivity index (χ3n) is 7.68. The van der Waals surface area contributed by atoms with Gasteiger partial charge in [-0.2, -0.15) is 0 Å². The standard InChI is InChI=1S/C30H26N2/c1-5-13-25-21(9-1)22-10-2-6-14-26(22)29(25)31-17-19-32(20-18-31)30-27-15-7-3-11-23(27)24-12-4-8-16-28(24)30/h1-16,29-30H,17-20H2. The first-order valence-electron chi connectivity index (χ1n) is 11.7. The highest BCUT2D eigenvalue weighted by atomic mass is 15.3. The summed E-state index contributed by atoms with van der Waals surface area (Å²) >= 11 is 0. The fourth-order valence-corrected chi connectivity index (χ4v) is 6.30. The van der Waals surface area contributed by atoms with E-state index in [2.05, 4.69) is 107 Å². The monoisotopic (exact) mass is 414 g/mol. The van der Waals surface area contributed by atoms with Crippen LogP contribution in [0.5, 0.6) is 0 Å². The predicted octanol–water partition coefficient (Wildman–Crippen LogP) is 6.14. The number of rotatable bonds is 2. The summed E-state index contributed by atoms with van der Waals surface area (Å²) in [6.45, 7) is 4.37. The van der Waals surface area contributed by atoms with E-state index in [1.807, 2.05) is 0 Å². The second-order valence-electron chi connectivity index (χ2n) is 9.23. The summed E-state index contributed by atoms with van der Waals surface area (Å²) in [4.78, 5) is 5.40. The molecule has 4 aromatic rings. The molecule has 32 heavy (non-hydrogen) atoms. The number of nitrogens with zero attached hydrogens (tertiary/aromatic N) is 2. The van der Waals surface area contributed by atoms with E-state index in [1.165, 1.54) is 44.5 Å². The largest absolute Gasteiger partial charge is 0.290 e. The molecular weight excluding hydrogens is 388 g/mol. The van der Waals surface area contributed by atoms with E-state index >= 15 is 0 Å². The Kier molecular flexibility index (Phi) is 4.11. The summed E-state index contributed by atoms with van der Waals surface area (Å²) in [5.41, 5.74) is 11.5. The minimum Gasteiger partial charge on any atom is -0.290 e. The summed E-state index contributed by atoms with van der Waals surface area (Å²) in [5, 5.41) is 0. The molecule has 0 spiro atoms. The topological polar surface area (TPSA) is 6.48 Å². The quantitative estimate of drug-likeness (QED) is 0.388. The Labute approximate surface area is 189 Å². The highest BCUT2D eigenvalue weighted by Crippen LogP contribution is 2.48. The SMILES string of the molecule is c1ccc2c(c1)-c1ccccc1C2N1CCN(C2c3ccccc3-c3ccccc32)CC1. The first kappa shape index (κ1) is 18.4. The van der Waals surface area contributed by atoms with Crippen molar-refractivity contribution >= 4 is 0 Å². The third-order valence-corrected chi connectivity index (χ3v) is 7.68. The molecule has 1 aliphatic heterocycles. The molecule has 0 aromatic heterocycles. The normalized spacial score (nSPS) is 18.2. The molecule has 0 amide bonds. The van der Waals surface area contributed by atoms with Gasteiger partial charge in [-0.3, -0.25) is 9.80 Å². The van der Waals surface area contributed by atoms with Crippen LogP contribution in [0.1, 0.15) is 34.3 Å². The number of fused-ring (bicyclic) bond motifs is 6. The zero-order valence-electron chi connectivity index (χ0n) is 18.1. The molecule has 0 atom stereocenters. The molecule has 0 saturated carbocycles. The van der Waals surface area contributed by atoms with Crippen LogP contribution < -0.4 is 0 Å². The lowest BCUT2D eigenvalue weighted by Gasteiger charge is -2.41. The number of benzene rings is 4. The molecule has 7 rings (SSSR count). The molecule has 0 N–H and O–H groups in total. The minimum atomic E-state index is 0.382. The average molecular weight is 415 g/mol. The predicted molar refractivity (Wildman–Crippen MR) is 131 cm³/mol. The first-order chi connectivity index (χ1) is 15.9. The van der Waals surface area contributed by atoms with Gasteiger partial charge in [0.25, 0.3) is 0 Å². The molecule has 2 heteroatoms. The van der Waals surface area contributed by atoms with Crippen molar-refractivity contribution in [3.63, 3.8) is 0 Å². The highest BCUT2D eigenvalue weighted by molar-refractivity contribution is 5.79. The summed E-state index contributed by atoms with van der Waals surface area (Å²) in [7, 11) is 0. The van der Waals surface area contributed by atoms with E-state index in [-0.39, 0.29) is 0 Å². The Balaban J connectivity index is 1.20. The van der Waals surface area contributed by atoms with Gasteiger partial charge in [-0.1, -0.05) is 97.1 Å². The van der Waals surface area contributed by atoms with E-state index < -0.39 is 0 Å². The summed E-state index contributed by atoms with van der Waals surface area (Å²) < 4.78 is 0. The smallest absolute Gasteiger partial charge is 0.0614 e. The maximum absolute atomic E-state index is 2.70. The third kappa shape index (κ3) is 2.60. The van der Waals surface area contributed by atoms with Crippen molar-refractivity contribution in [2.24, 2.45) is 0 Å². The molecule has 0 radical (unpaired) electrons. The zero-order chi connectivity index (χ0) is 21.1. The van der Waals surface area contributed by atoms with Gasteiger partial charge in [0.05, 0.1) is 12.1 Å². The number of piperazine rings is 1. The van der Waals surface area contributed by atoms with E-state index in [1.54, 1.807) is 0 Å². The molecule has 0 bridgehead atoms. The summed E-state index contributed by atoms with van der Waals surface area (Å²) in [5.74, 6) is 0. The second-order valence-corrected chi connectivity index (χ2v) is 9.23. The molecule has 2 nitrogen and oxygen atoms in total. The number of hydrogen-bond donors (Lipinski definition) is 0. The highest BCUT2D eigenvalue weighted by Gasteiger charge is 2.38. The molecule has 1 heterocycles. The van der Waals surface area contributed by atoms with Crippen molar-refractivity contribution in [3.05, 3.63) is 119 Å². The Bertz CT molecular complexity index is 1120. The molecule has 156 valence electrons. The van der Waals surface area contributed by atoms with Crippen LogP contribution in [0.4, 0.5) is 0 Å². The lowest BCUT2D eigenvalue weighted by molar-refractivity contribution is 0.0922. The molecule has 4 aromatic carbocycles. The maximum atomic E-state index is 2.70. The van der Waals surface area contributed by atoms with Gasteiger partial charge >= 0.3 is 0 Å². The Hall–Kier alpha value is -3.20. The van der Waals surface area contributed by atoms with Crippen molar-refractivity contribution in [1.82, 2.24) is 9.80 Å². The van der Waals surface area contributed by atoms with Crippen LogP contribution in [0, 0.1) is 0 Å². The molecule has 3 aliphatic rings. The molecular formula is C30H26N2. The van der Waals surface area contributed by atoms with Crippen molar-refractivity contribution < 1.29 is 0 Å². The van der Waals surface area contributed by atoms with Crippen molar-refractivity contribution in [2.75, 3.05) is 26.2 Å².